The van der Waals surface area contributed by atoms with Gasteiger partial charge in [0.05, 0.1) is 11.8 Å². The van der Waals surface area contributed by atoms with Crippen LogP contribution in [0.1, 0.15) is 23.5 Å². The molecule has 0 aliphatic carbocycles. The molecule has 0 amide bonds. The molecule has 154 valence electrons. The monoisotopic (exact) mass is 410 g/mol. The molecular weight excluding hydrogens is 394 g/mol. The van der Waals surface area contributed by atoms with E-state index in [4.69, 9.17) is 14.2 Å². The van der Waals surface area contributed by atoms with Gasteiger partial charge in [0.1, 0.15) is 12.7 Å². The van der Waals surface area contributed by atoms with Crippen LogP contribution < -0.4 is 11.2 Å². The van der Waals surface area contributed by atoms with Crippen LogP contribution in [0.5, 0.6) is 0 Å². The average Bonchev–Trinajstić information content (AvgIpc) is 2.98. The van der Waals surface area contributed by atoms with Crippen molar-refractivity contribution >= 4 is 11.9 Å². The Kier molecular flexibility index (Phi) is 5.87. The number of rotatable bonds is 5. The highest BCUT2D eigenvalue weighted by atomic mass is 19.1. The topological polar surface area (TPSA) is 117 Å². The summed E-state index contributed by atoms with van der Waals surface area (Å²) in [7, 11) is 0. The van der Waals surface area contributed by atoms with Crippen molar-refractivity contribution in [2.75, 3.05) is 6.61 Å². The van der Waals surface area contributed by atoms with E-state index in [1.165, 1.54) is 12.1 Å². The average molecular weight is 410 g/mol. The molecule has 1 aliphatic heterocycles. The molecule has 1 aliphatic rings. The quantitative estimate of drug-likeness (QED) is 0.721. The fourth-order valence-corrected chi connectivity index (χ4v) is 2.85. The third-order valence-corrected chi connectivity index (χ3v) is 4.16. The van der Waals surface area contributed by atoms with Crippen LogP contribution in [-0.2, 0) is 19.0 Å². The number of nitrogens with one attached hydrogen (secondary N) is 1. The third-order valence-electron chi connectivity index (χ3n) is 4.16. The zero-order valence-electron chi connectivity index (χ0n) is 15.0. The van der Waals surface area contributed by atoms with Crippen molar-refractivity contribution < 1.29 is 32.6 Å². The first-order valence-electron chi connectivity index (χ1n) is 8.48. The SMILES string of the molecule is CC(=O)O[C@H]1[C@H](F)[C@H](n2cc(F)c(=O)[nH]c2=O)O[C@@H]1COC(=O)c1ccccc1. The molecule has 3 rings (SSSR count). The maximum Gasteiger partial charge on any atom is 0.338 e. The number of benzene rings is 1. The van der Waals surface area contributed by atoms with E-state index in [1.54, 1.807) is 23.2 Å². The largest absolute Gasteiger partial charge is 0.459 e. The Morgan fingerprint density at radius 3 is 2.59 bits per heavy atom. The Balaban J connectivity index is 1.81. The molecule has 0 unspecified atom stereocenters. The second-order valence-electron chi connectivity index (χ2n) is 6.19. The molecule has 0 radical (unpaired) electrons. The van der Waals surface area contributed by atoms with Gasteiger partial charge in [-0.25, -0.2) is 14.0 Å². The van der Waals surface area contributed by atoms with Gasteiger partial charge < -0.3 is 14.2 Å². The molecule has 2 aromatic rings. The molecule has 29 heavy (non-hydrogen) atoms. The van der Waals surface area contributed by atoms with Crippen molar-refractivity contribution in [1.82, 2.24) is 9.55 Å². The molecular formula is C18H16F2N2O7. The molecule has 1 saturated heterocycles. The summed E-state index contributed by atoms with van der Waals surface area (Å²) in [6.07, 6.45) is -6.11. The van der Waals surface area contributed by atoms with Crippen molar-refractivity contribution in [3.05, 3.63) is 68.7 Å². The molecule has 11 heteroatoms. The van der Waals surface area contributed by atoms with Crippen molar-refractivity contribution in [2.24, 2.45) is 0 Å². The van der Waals surface area contributed by atoms with Gasteiger partial charge in [0, 0.05) is 6.92 Å². The van der Waals surface area contributed by atoms with E-state index in [-0.39, 0.29) is 5.56 Å². The van der Waals surface area contributed by atoms with Crippen LogP contribution >= 0.6 is 0 Å². The lowest BCUT2D eigenvalue weighted by atomic mass is 10.1. The smallest absolute Gasteiger partial charge is 0.338 e. The van der Waals surface area contributed by atoms with E-state index in [2.05, 4.69) is 0 Å². The number of ether oxygens (including phenoxy) is 3. The minimum absolute atomic E-state index is 0.238. The first-order valence-corrected chi connectivity index (χ1v) is 8.48. The Morgan fingerprint density at radius 2 is 1.93 bits per heavy atom. The number of halogens is 2. The number of hydrogen-bond donors (Lipinski definition) is 1. The van der Waals surface area contributed by atoms with Crippen LogP contribution in [-0.4, -0.2) is 46.5 Å². The Hall–Kier alpha value is -3.34. The highest BCUT2D eigenvalue weighted by molar-refractivity contribution is 5.89. The van der Waals surface area contributed by atoms with Gasteiger partial charge in [0.15, 0.2) is 18.5 Å². The lowest BCUT2D eigenvalue weighted by Crippen LogP contribution is -2.38. The second-order valence-corrected chi connectivity index (χ2v) is 6.19. The number of hydrogen-bond acceptors (Lipinski definition) is 7. The minimum Gasteiger partial charge on any atom is -0.459 e. The molecule has 9 nitrogen and oxygen atoms in total. The molecule has 2 heterocycles. The van der Waals surface area contributed by atoms with E-state index in [0.29, 0.717) is 10.8 Å². The Labute approximate surface area is 161 Å². The maximum atomic E-state index is 14.9. The molecule has 0 bridgehead atoms. The van der Waals surface area contributed by atoms with Crippen LogP contribution in [0.4, 0.5) is 8.78 Å². The minimum atomic E-state index is -2.10. The van der Waals surface area contributed by atoms with Gasteiger partial charge in [0.2, 0.25) is 5.82 Å². The maximum absolute atomic E-state index is 14.9. The van der Waals surface area contributed by atoms with Crippen molar-refractivity contribution in [3.8, 4) is 0 Å². The summed E-state index contributed by atoms with van der Waals surface area (Å²) < 4.78 is 44.3. The standard InChI is InChI=1S/C18H16F2N2O7/c1-9(23)28-14-12(8-27-17(25)10-5-3-2-4-6-10)29-16(13(14)20)22-7-11(19)15(24)21-18(22)26/h2-7,12-14,16H,8H2,1H3,(H,21,24,26)/t12-,13+,14-,16-/m1/s1. The number of aromatic nitrogens is 2. The Morgan fingerprint density at radius 1 is 1.24 bits per heavy atom. The summed E-state index contributed by atoms with van der Waals surface area (Å²) in [6, 6.07) is 7.95. The number of H-pyrrole nitrogens is 1. The second kappa shape index (κ2) is 8.35. The molecule has 1 aromatic carbocycles. The lowest BCUT2D eigenvalue weighted by Gasteiger charge is -2.18. The van der Waals surface area contributed by atoms with E-state index in [0.717, 1.165) is 6.92 Å². The summed E-state index contributed by atoms with van der Waals surface area (Å²) in [5.74, 6) is -2.88. The predicted octanol–water partition coefficient (Wildman–Crippen LogP) is 0.700. The zero-order valence-corrected chi connectivity index (χ0v) is 15.0. The number of alkyl halides is 1. The molecule has 0 spiro atoms. The molecule has 1 aromatic heterocycles. The summed E-state index contributed by atoms with van der Waals surface area (Å²) in [5.41, 5.74) is -2.15. The molecule has 1 fully saturated rings. The van der Waals surface area contributed by atoms with Gasteiger partial charge in [-0.2, -0.15) is 4.39 Å². The molecule has 0 saturated carbocycles. The number of nitrogens with zero attached hydrogens (tertiary/aromatic N) is 1. The van der Waals surface area contributed by atoms with Crippen molar-refractivity contribution in [3.63, 3.8) is 0 Å². The fraction of sp³-hybridized carbons (Fsp3) is 0.333. The van der Waals surface area contributed by atoms with Crippen molar-refractivity contribution in [2.45, 2.75) is 31.5 Å². The number of esters is 2. The van der Waals surface area contributed by atoms with E-state index >= 15 is 0 Å². The van der Waals surface area contributed by atoms with Crippen LogP contribution in [0.25, 0.3) is 0 Å². The van der Waals surface area contributed by atoms with Gasteiger partial charge in [0.25, 0.3) is 5.56 Å². The first kappa shape index (κ1) is 20.4. The van der Waals surface area contributed by atoms with Crippen LogP contribution in [0.2, 0.25) is 0 Å². The zero-order chi connectivity index (χ0) is 21.1. The fourth-order valence-electron chi connectivity index (χ4n) is 2.85. The predicted molar refractivity (Wildman–Crippen MR) is 92.4 cm³/mol. The van der Waals surface area contributed by atoms with Crippen LogP contribution in [0.3, 0.4) is 0 Å². The number of carbonyl (C=O) groups excluding carboxylic acids is 2. The number of carbonyl (C=O) groups is 2. The van der Waals surface area contributed by atoms with Crippen LogP contribution in [0.15, 0.2) is 46.1 Å². The lowest BCUT2D eigenvalue weighted by molar-refractivity contribution is -0.152. The van der Waals surface area contributed by atoms with Gasteiger partial charge in [-0.3, -0.25) is 19.1 Å². The van der Waals surface area contributed by atoms with Crippen molar-refractivity contribution in [1.29, 1.82) is 0 Å². The van der Waals surface area contributed by atoms with E-state index in [9.17, 15) is 28.0 Å². The van der Waals surface area contributed by atoms with Gasteiger partial charge in [-0.05, 0) is 12.1 Å². The van der Waals surface area contributed by atoms with Gasteiger partial charge >= 0.3 is 17.6 Å². The normalized spacial score (nSPS) is 23.6. The van der Waals surface area contributed by atoms with E-state index < -0.39 is 60.2 Å². The van der Waals surface area contributed by atoms with Gasteiger partial charge in [-0.1, -0.05) is 18.2 Å². The highest BCUT2D eigenvalue weighted by Crippen LogP contribution is 2.33. The van der Waals surface area contributed by atoms with E-state index in [1.807, 2.05) is 0 Å². The molecule has 4 atom stereocenters. The summed E-state index contributed by atoms with van der Waals surface area (Å²) in [4.78, 5) is 48.2. The number of aromatic amines is 1. The third kappa shape index (κ3) is 4.40. The summed E-state index contributed by atoms with van der Waals surface area (Å²) in [5, 5.41) is 0. The van der Waals surface area contributed by atoms with Gasteiger partial charge in [-0.15, -0.1) is 0 Å². The highest BCUT2D eigenvalue weighted by Gasteiger charge is 2.49. The van der Waals surface area contributed by atoms with Crippen LogP contribution in [0, 0.1) is 5.82 Å². The Bertz CT molecular complexity index is 1020. The summed E-state index contributed by atoms with van der Waals surface area (Å²) >= 11 is 0. The summed E-state index contributed by atoms with van der Waals surface area (Å²) in [6.45, 7) is 0.544. The molecule has 1 N–H and O–H groups in total. The first-order chi connectivity index (χ1) is 13.8.